The lowest BCUT2D eigenvalue weighted by Crippen LogP contribution is -2.47. The minimum Gasteiger partial charge on any atom is -0.354 e. The number of likely N-dealkylation sites (N-methyl/N-ethyl adjacent to an activating group) is 1. The maximum absolute atomic E-state index is 11.8. The fourth-order valence-corrected chi connectivity index (χ4v) is 1.46. The second-order valence-corrected chi connectivity index (χ2v) is 4.91. The van der Waals surface area contributed by atoms with Crippen LogP contribution >= 0.6 is 0 Å². The molecule has 96 valence electrons. The van der Waals surface area contributed by atoms with Crippen LogP contribution in [0, 0.1) is 5.92 Å². The topological polar surface area (TPSA) is 58.4 Å². The Kier molecular flexibility index (Phi) is 7.34. The zero-order valence-corrected chi connectivity index (χ0v) is 11.3. The highest BCUT2D eigenvalue weighted by molar-refractivity contribution is 5.81. The number of carbonyl (C=O) groups is 1. The second-order valence-electron chi connectivity index (χ2n) is 4.91. The van der Waals surface area contributed by atoms with E-state index in [0.29, 0.717) is 18.5 Å². The zero-order valence-electron chi connectivity index (χ0n) is 11.3. The molecule has 0 rings (SSSR count). The molecule has 0 aliphatic heterocycles. The minimum absolute atomic E-state index is 0.0969. The van der Waals surface area contributed by atoms with Gasteiger partial charge in [0.15, 0.2) is 0 Å². The molecule has 0 saturated carbocycles. The van der Waals surface area contributed by atoms with E-state index in [1.807, 2.05) is 14.0 Å². The first kappa shape index (κ1) is 15.4. The maximum Gasteiger partial charge on any atom is 0.237 e. The molecule has 3 N–H and O–H groups in total. The van der Waals surface area contributed by atoms with Crippen LogP contribution in [0.3, 0.4) is 0 Å². The van der Waals surface area contributed by atoms with Crippen LogP contribution in [0.5, 0.6) is 0 Å². The molecule has 1 amide bonds. The monoisotopic (exact) mass is 229 g/mol. The third kappa shape index (κ3) is 5.47. The average Bonchev–Trinajstić information content (AvgIpc) is 2.23. The predicted molar refractivity (Wildman–Crippen MR) is 68.2 cm³/mol. The van der Waals surface area contributed by atoms with E-state index >= 15 is 0 Å². The summed E-state index contributed by atoms with van der Waals surface area (Å²) in [5.74, 6) is 0.586. The molecule has 0 radical (unpaired) electrons. The smallest absolute Gasteiger partial charge is 0.237 e. The molecule has 2 atom stereocenters. The van der Waals surface area contributed by atoms with Gasteiger partial charge in [-0.05, 0) is 39.8 Å². The molecule has 0 aromatic rings. The van der Waals surface area contributed by atoms with Crippen LogP contribution in [0.25, 0.3) is 0 Å². The molecule has 0 aromatic heterocycles. The molecule has 0 fully saturated rings. The fraction of sp³-hybridized carbons (Fsp3) is 0.917. The highest BCUT2D eigenvalue weighted by Gasteiger charge is 2.21. The first-order valence-electron chi connectivity index (χ1n) is 6.09. The van der Waals surface area contributed by atoms with E-state index in [-0.39, 0.29) is 11.9 Å². The molecule has 4 heteroatoms. The van der Waals surface area contributed by atoms with Gasteiger partial charge in [0.25, 0.3) is 0 Å². The van der Waals surface area contributed by atoms with Gasteiger partial charge >= 0.3 is 0 Å². The lowest BCUT2D eigenvalue weighted by atomic mass is 10.1. The van der Waals surface area contributed by atoms with Gasteiger partial charge in [-0.3, -0.25) is 9.69 Å². The standard InChI is InChI=1S/C12H27N3O/c1-9(2)8-14-12(16)11(4)15(5)10(3)6-7-13/h9-11H,6-8,13H2,1-5H3,(H,14,16). The number of rotatable bonds is 7. The fourth-order valence-electron chi connectivity index (χ4n) is 1.46. The van der Waals surface area contributed by atoms with Crippen molar-refractivity contribution in [1.82, 2.24) is 10.2 Å². The Morgan fingerprint density at radius 1 is 1.31 bits per heavy atom. The Morgan fingerprint density at radius 3 is 2.31 bits per heavy atom. The molecule has 4 nitrogen and oxygen atoms in total. The lowest BCUT2D eigenvalue weighted by molar-refractivity contribution is -0.126. The molecular formula is C12H27N3O. The van der Waals surface area contributed by atoms with E-state index in [2.05, 4.69) is 31.0 Å². The van der Waals surface area contributed by atoms with Gasteiger partial charge in [0.1, 0.15) is 0 Å². The summed E-state index contributed by atoms with van der Waals surface area (Å²) in [6.45, 7) is 9.60. The summed E-state index contributed by atoms with van der Waals surface area (Å²) >= 11 is 0. The molecule has 0 spiro atoms. The average molecular weight is 229 g/mol. The second kappa shape index (κ2) is 7.63. The Balaban J connectivity index is 4.10. The van der Waals surface area contributed by atoms with Crippen molar-refractivity contribution in [2.24, 2.45) is 11.7 Å². The van der Waals surface area contributed by atoms with Gasteiger partial charge in [0.2, 0.25) is 5.91 Å². The van der Waals surface area contributed by atoms with Crippen LogP contribution in [-0.2, 0) is 4.79 Å². The van der Waals surface area contributed by atoms with Crippen LogP contribution in [0.1, 0.15) is 34.1 Å². The van der Waals surface area contributed by atoms with Gasteiger partial charge in [-0.2, -0.15) is 0 Å². The van der Waals surface area contributed by atoms with E-state index in [9.17, 15) is 4.79 Å². The molecule has 0 aliphatic rings. The van der Waals surface area contributed by atoms with Crippen molar-refractivity contribution in [2.75, 3.05) is 20.1 Å². The van der Waals surface area contributed by atoms with Crippen LogP contribution in [0.4, 0.5) is 0 Å². The van der Waals surface area contributed by atoms with Gasteiger partial charge in [-0.15, -0.1) is 0 Å². The van der Waals surface area contributed by atoms with Crippen molar-refractivity contribution in [3.8, 4) is 0 Å². The number of hydrogen-bond acceptors (Lipinski definition) is 3. The highest BCUT2D eigenvalue weighted by Crippen LogP contribution is 2.05. The quantitative estimate of drug-likeness (QED) is 0.679. The number of carbonyl (C=O) groups excluding carboxylic acids is 1. The molecular weight excluding hydrogens is 202 g/mol. The van der Waals surface area contributed by atoms with Crippen molar-refractivity contribution in [3.05, 3.63) is 0 Å². The molecule has 0 bridgehead atoms. The molecule has 16 heavy (non-hydrogen) atoms. The van der Waals surface area contributed by atoms with Crippen LogP contribution in [0.15, 0.2) is 0 Å². The van der Waals surface area contributed by atoms with Crippen molar-refractivity contribution >= 4 is 5.91 Å². The van der Waals surface area contributed by atoms with E-state index in [1.165, 1.54) is 0 Å². The normalized spacial score (nSPS) is 15.2. The van der Waals surface area contributed by atoms with E-state index in [1.54, 1.807) is 0 Å². The number of nitrogens with one attached hydrogen (secondary N) is 1. The lowest BCUT2D eigenvalue weighted by Gasteiger charge is -2.29. The summed E-state index contributed by atoms with van der Waals surface area (Å²) < 4.78 is 0. The third-order valence-electron chi connectivity index (χ3n) is 2.95. The summed E-state index contributed by atoms with van der Waals surface area (Å²) in [5, 5.41) is 2.95. The highest BCUT2D eigenvalue weighted by atomic mass is 16.2. The van der Waals surface area contributed by atoms with Crippen LogP contribution in [-0.4, -0.2) is 43.0 Å². The van der Waals surface area contributed by atoms with E-state index in [0.717, 1.165) is 13.0 Å². The SMILES string of the molecule is CC(C)CNC(=O)C(C)N(C)C(C)CCN. The van der Waals surface area contributed by atoms with Crippen LogP contribution in [0.2, 0.25) is 0 Å². The van der Waals surface area contributed by atoms with E-state index in [4.69, 9.17) is 5.73 Å². The number of nitrogens with two attached hydrogens (primary N) is 1. The zero-order chi connectivity index (χ0) is 12.7. The number of nitrogens with zero attached hydrogens (tertiary/aromatic N) is 1. The number of hydrogen-bond donors (Lipinski definition) is 2. The van der Waals surface area contributed by atoms with Crippen molar-refractivity contribution in [1.29, 1.82) is 0 Å². The number of amides is 1. The van der Waals surface area contributed by atoms with Gasteiger partial charge in [-0.25, -0.2) is 0 Å². The maximum atomic E-state index is 11.8. The van der Waals surface area contributed by atoms with Gasteiger partial charge < -0.3 is 11.1 Å². The Labute approximate surface area is 99.6 Å². The van der Waals surface area contributed by atoms with Crippen LogP contribution < -0.4 is 11.1 Å². The Hall–Kier alpha value is -0.610. The van der Waals surface area contributed by atoms with Crippen molar-refractivity contribution < 1.29 is 4.79 Å². The Morgan fingerprint density at radius 2 is 1.88 bits per heavy atom. The first-order valence-corrected chi connectivity index (χ1v) is 6.09. The first-order chi connectivity index (χ1) is 7.40. The van der Waals surface area contributed by atoms with Gasteiger partial charge in [0.05, 0.1) is 6.04 Å². The minimum atomic E-state index is -0.0969. The van der Waals surface area contributed by atoms with E-state index < -0.39 is 0 Å². The predicted octanol–water partition coefficient (Wildman–Crippen LogP) is 0.816. The molecule has 2 unspecified atom stereocenters. The summed E-state index contributed by atoms with van der Waals surface area (Å²) in [6.07, 6.45) is 0.915. The summed E-state index contributed by atoms with van der Waals surface area (Å²) in [5.41, 5.74) is 5.51. The van der Waals surface area contributed by atoms with Crippen molar-refractivity contribution in [3.63, 3.8) is 0 Å². The molecule has 0 heterocycles. The summed E-state index contributed by atoms with van der Waals surface area (Å²) in [6, 6.07) is 0.241. The Bertz CT molecular complexity index is 206. The van der Waals surface area contributed by atoms with Gasteiger partial charge in [0, 0.05) is 12.6 Å². The summed E-state index contributed by atoms with van der Waals surface area (Å²) in [7, 11) is 1.97. The molecule has 0 aromatic carbocycles. The third-order valence-corrected chi connectivity index (χ3v) is 2.95. The molecule has 0 aliphatic carbocycles. The largest absolute Gasteiger partial charge is 0.354 e. The van der Waals surface area contributed by atoms with Gasteiger partial charge in [-0.1, -0.05) is 13.8 Å². The van der Waals surface area contributed by atoms with Crippen molar-refractivity contribution in [2.45, 2.75) is 46.2 Å². The molecule has 0 saturated heterocycles. The summed E-state index contributed by atoms with van der Waals surface area (Å²) in [4.78, 5) is 13.9.